The van der Waals surface area contributed by atoms with E-state index in [1.807, 2.05) is 6.92 Å². The Kier molecular flexibility index (Phi) is 8.15. The molecular formula is C22H34N2O5S2. The molecule has 1 atom stereocenters. The van der Waals surface area contributed by atoms with Crippen LogP contribution >= 0.6 is 0 Å². The second kappa shape index (κ2) is 10.4. The molecule has 0 radical (unpaired) electrons. The number of hydrogen-bond acceptors (Lipinski definition) is 5. The molecule has 1 unspecified atom stereocenters. The molecule has 1 aromatic rings. The molecule has 1 amide bonds. The smallest absolute Gasteiger partial charge is 0.243 e. The minimum atomic E-state index is -3.48. The van der Waals surface area contributed by atoms with Gasteiger partial charge in [-0.25, -0.2) is 16.8 Å². The van der Waals surface area contributed by atoms with Crippen molar-refractivity contribution in [3.8, 4) is 0 Å². The predicted octanol–water partition coefficient (Wildman–Crippen LogP) is 2.61. The molecule has 3 rings (SSSR count). The van der Waals surface area contributed by atoms with Crippen molar-refractivity contribution < 1.29 is 21.6 Å². The van der Waals surface area contributed by atoms with Gasteiger partial charge in [-0.2, -0.15) is 4.31 Å². The van der Waals surface area contributed by atoms with Crippen LogP contribution in [0.2, 0.25) is 0 Å². The van der Waals surface area contributed by atoms with E-state index in [4.69, 9.17) is 0 Å². The summed E-state index contributed by atoms with van der Waals surface area (Å²) >= 11 is 0. The van der Waals surface area contributed by atoms with Gasteiger partial charge in [0.2, 0.25) is 15.9 Å². The molecule has 0 bridgehead atoms. The minimum absolute atomic E-state index is 0.0368. The van der Waals surface area contributed by atoms with Gasteiger partial charge in [-0.05, 0) is 49.8 Å². The number of aryl methyl sites for hydroxylation is 1. The number of carbonyl (C=O) groups excluding carboxylic acids is 1. The second-order valence-corrected chi connectivity index (χ2v) is 12.8. The van der Waals surface area contributed by atoms with Gasteiger partial charge in [0.25, 0.3) is 0 Å². The fourth-order valence-electron chi connectivity index (χ4n) is 4.43. The van der Waals surface area contributed by atoms with E-state index in [1.54, 1.807) is 33.5 Å². The fraction of sp³-hybridized carbons (Fsp3) is 0.682. The van der Waals surface area contributed by atoms with E-state index < -0.39 is 19.9 Å². The third kappa shape index (κ3) is 6.29. The standard InChI is InChI=1S/C22H34N2O5S2/c1-2-14-24(20-13-17-30(26,27)18-20)22(25)12-9-19-7-10-21(11-8-19)31(28,29)23-15-5-3-4-6-16-23/h7-8,10-11,20H,2-6,9,12-18H2,1H3. The monoisotopic (exact) mass is 470 g/mol. The molecule has 0 aliphatic carbocycles. The van der Waals surface area contributed by atoms with Crippen LogP contribution in [0.3, 0.4) is 0 Å². The normalized spacial score (nSPS) is 22.2. The van der Waals surface area contributed by atoms with Gasteiger partial charge in [-0.15, -0.1) is 0 Å². The first-order valence-corrected chi connectivity index (χ1v) is 14.6. The first-order valence-electron chi connectivity index (χ1n) is 11.3. The van der Waals surface area contributed by atoms with E-state index >= 15 is 0 Å². The molecule has 2 aliphatic heterocycles. The van der Waals surface area contributed by atoms with Gasteiger partial charge in [-0.1, -0.05) is 31.9 Å². The van der Waals surface area contributed by atoms with E-state index in [0.29, 0.717) is 37.4 Å². The summed E-state index contributed by atoms with van der Waals surface area (Å²) in [4.78, 5) is 14.8. The van der Waals surface area contributed by atoms with Gasteiger partial charge in [0.15, 0.2) is 9.84 Å². The maximum Gasteiger partial charge on any atom is 0.243 e. The predicted molar refractivity (Wildman–Crippen MR) is 121 cm³/mol. The van der Waals surface area contributed by atoms with E-state index in [-0.39, 0.29) is 29.9 Å². The Bertz CT molecular complexity index is 950. The van der Waals surface area contributed by atoms with Crippen LogP contribution in [0.4, 0.5) is 0 Å². The molecule has 1 aromatic carbocycles. The zero-order valence-electron chi connectivity index (χ0n) is 18.3. The Morgan fingerprint density at radius 3 is 2.29 bits per heavy atom. The van der Waals surface area contributed by atoms with Crippen molar-refractivity contribution in [3.63, 3.8) is 0 Å². The second-order valence-electron chi connectivity index (χ2n) is 8.61. The highest BCUT2D eigenvalue weighted by Gasteiger charge is 2.34. The Morgan fingerprint density at radius 1 is 1.10 bits per heavy atom. The summed E-state index contributed by atoms with van der Waals surface area (Å²) in [5, 5.41) is 0. The summed E-state index contributed by atoms with van der Waals surface area (Å²) in [6, 6.07) is 6.60. The fourth-order valence-corrected chi connectivity index (χ4v) is 7.67. The molecule has 174 valence electrons. The molecule has 0 aromatic heterocycles. The lowest BCUT2D eigenvalue weighted by Gasteiger charge is -2.28. The highest BCUT2D eigenvalue weighted by molar-refractivity contribution is 7.91. The molecule has 31 heavy (non-hydrogen) atoms. The highest BCUT2D eigenvalue weighted by Crippen LogP contribution is 2.22. The maximum atomic E-state index is 12.9. The van der Waals surface area contributed by atoms with Gasteiger partial charge >= 0.3 is 0 Å². The minimum Gasteiger partial charge on any atom is -0.339 e. The summed E-state index contributed by atoms with van der Waals surface area (Å²) in [6.07, 6.45) is 6.02. The lowest BCUT2D eigenvalue weighted by atomic mass is 10.1. The molecule has 7 nitrogen and oxygen atoms in total. The number of amides is 1. The number of carbonyl (C=O) groups is 1. The Morgan fingerprint density at radius 2 is 1.74 bits per heavy atom. The van der Waals surface area contributed by atoms with Crippen LogP contribution in [0.5, 0.6) is 0 Å². The Labute approximate surface area is 186 Å². The summed E-state index contributed by atoms with van der Waals surface area (Å²) in [7, 11) is -6.52. The van der Waals surface area contributed by atoms with E-state index in [1.165, 1.54) is 0 Å². The van der Waals surface area contributed by atoms with Gasteiger partial charge in [0, 0.05) is 32.1 Å². The first kappa shape index (κ1) is 24.2. The topological polar surface area (TPSA) is 91.8 Å². The highest BCUT2D eigenvalue weighted by atomic mass is 32.2. The molecule has 2 fully saturated rings. The number of nitrogens with zero attached hydrogens (tertiary/aromatic N) is 2. The van der Waals surface area contributed by atoms with E-state index in [2.05, 4.69) is 0 Å². The zero-order chi connectivity index (χ0) is 22.5. The largest absolute Gasteiger partial charge is 0.339 e. The van der Waals surface area contributed by atoms with Crippen LogP contribution in [0, 0.1) is 0 Å². The van der Waals surface area contributed by atoms with Crippen LogP contribution in [0.25, 0.3) is 0 Å². The van der Waals surface area contributed by atoms with Crippen LogP contribution in [-0.4, -0.2) is 69.1 Å². The third-order valence-corrected chi connectivity index (χ3v) is 9.85. The maximum absolute atomic E-state index is 12.9. The summed E-state index contributed by atoms with van der Waals surface area (Å²) in [5.41, 5.74) is 0.902. The average Bonchev–Trinajstić information content (AvgIpc) is 2.94. The van der Waals surface area contributed by atoms with Gasteiger partial charge < -0.3 is 4.90 Å². The number of sulfonamides is 1. The summed E-state index contributed by atoms with van der Waals surface area (Å²) in [5.74, 6) is 0.171. The van der Waals surface area contributed by atoms with E-state index in [9.17, 15) is 21.6 Å². The number of rotatable bonds is 8. The van der Waals surface area contributed by atoms with Crippen molar-refractivity contribution in [2.45, 2.75) is 69.2 Å². The Balaban J connectivity index is 1.60. The Hall–Kier alpha value is -1.45. The zero-order valence-corrected chi connectivity index (χ0v) is 20.0. The van der Waals surface area contributed by atoms with E-state index in [0.717, 1.165) is 37.7 Å². The average molecular weight is 471 g/mol. The van der Waals surface area contributed by atoms with Gasteiger partial charge in [0.05, 0.1) is 16.4 Å². The first-order chi connectivity index (χ1) is 14.7. The lowest BCUT2D eigenvalue weighted by molar-refractivity contribution is -0.133. The molecular weight excluding hydrogens is 436 g/mol. The van der Waals surface area contributed by atoms with Crippen molar-refractivity contribution in [1.82, 2.24) is 9.21 Å². The molecule has 0 spiro atoms. The molecule has 9 heteroatoms. The third-order valence-electron chi connectivity index (χ3n) is 6.19. The number of benzene rings is 1. The quantitative estimate of drug-likeness (QED) is 0.582. The molecule has 2 aliphatic rings. The summed E-state index contributed by atoms with van der Waals surface area (Å²) in [6.45, 7) is 3.69. The molecule has 2 heterocycles. The SMILES string of the molecule is CCCN(C(=O)CCc1ccc(S(=O)(=O)N2CCCCCC2)cc1)C1CCS(=O)(=O)C1. The lowest BCUT2D eigenvalue weighted by Crippen LogP contribution is -2.41. The van der Waals surface area contributed by atoms with Crippen molar-refractivity contribution >= 4 is 25.8 Å². The van der Waals surface area contributed by atoms with Crippen LogP contribution in [0.1, 0.15) is 57.4 Å². The van der Waals surface area contributed by atoms with Crippen LogP contribution in [0.15, 0.2) is 29.2 Å². The van der Waals surface area contributed by atoms with Crippen molar-refractivity contribution in [2.75, 3.05) is 31.1 Å². The van der Waals surface area contributed by atoms with Crippen LogP contribution < -0.4 is 0 Å². The van der Waals surface area contributed by atoms with Crippen molar-refractivity contribution in [2.24, 2.45) is 0 Å². The van der Waals surface area contributed by atoms with Gasteiger partial charge in [0.1, 0.15) is 0 Å². The molecule has 0 saturated carbocycles. The molecule has 0 N–H and O–H groups in total. The van der Waals surface area contributed by atoms with Gasteiger partial charge in [-0.3, -0.25) is 4.79 Å². The van der Waals surface area contributed by atoms with Crippen molar-refractivity contribution in [3.05, 3.63) is 29.8 Å². The summed E-state index contributed by atoms with van der Waals surface area (Å²) < 4.78 is 51.0. The van der Waals surface area contributed by atoms with Crippen LogP contribution in [-0.2, 0) is 31.1 Å². The number of sulfone groups is 1. The molecule has 2 saturated heterocycles. The van der Waals surface area contributed by atoms with Crippen molar-refractivity contribution in [1.29, 1.82) is 0 Å². The number of hydrogen-bond donors (Lipinski definition) is 0.